The van der Waals surface area contributed by atoms with Crippen LogP contribution in [0.4, 0.5) is 0 Å². The Balaban J connectivity index is 3.15. The normalized spacial score (nSPS) is 9.83. The van der Waals surface area contributed by atoms with E-state index >= 15 is 0 Å². The summed E-state index contributed by atoms with van der Waals surface area (Å²) in [5.41, 5.74) is -0.0839. The van der Waals surface area contributed by atoms with E-state index in [2.05, 4.69) is 9.97 Å². The van der Waals surface area contributed by atoms with Crippen molar-refractivity contribution in [2.45, 2.75) is 5.03 Å². The minimum atomic E-state index is -1.10. The molecule has 1 heterocycles. The summed E-state index contributed by atoms with van der Waals surface area (Å²) in [6.45, 7) is 0. The van der Waals surface area contributed by atoms with E-state index in [4.69, 9.17) is 16.7 Å². The van der Waals surface area contributed by atoms with Gasteiger partial charge in [-0.1, -0.05) is 0 Å². The fourth-order valence-corrected chi connectivity index (χ4v) is 1.25. The summed E-state index contributed by atoms with van der Waals surface area (Å²) >= 11 is 6.79. The lowest BCUT2D eigenvalue weighted by Gasteiger charge is -1.97. The lowest BCUT2D eigenvalue weighted by atomic mass is 10.4. The number of rotatable bonds is 2. The molecule has 0 unspecified atom stereocenters. The molecule has 0 aliphatic carbocycles. The molecule has 0 bridgehead atoms. The van der Waals surface area contributed by atoms with Crippen LogP contribution in [0.2, 0.25) is 5.28 Å². The summed E-state index contributed by atoms with van der Waals surface area (Å²) in [4.78, 5) is 17.8. The predicted octanol–water partition coefficient (Wildman–Crippen LogP) is 1.55. The zero-order valence-corrected chi connectivity index (χ0v) is 7.69. The van der Waals surface area contributed by atoms with E-state index in [1.54, 1.807) is 6.26 Å². The van der Waals surface area contributed by atoms with Crippen molar-refractivity contribution in [1.82, 2.24) is 9.97 Å². The maximum atomic E-state index is 10.5. The molecule has 0 fully saturated rings. The van der Waals surface area contributed by atoms with Crippen LogP contribution >= 0.6 is 23.4 Å². The van der Waals surface area contributed by atoms with Crippen molar-refractivity contribution in [3.05, 3.63) is 17.0 Å². The van der Waals surface area contributed by atoms with Gasteiger partial charge in [0.2, 0.25) is 5.28 Å². The number of nitrogens with zero attached hydrogens (tertiary/aromatic N) is 2. The average molecular weight is 205 g/mol. The fourth-order valence-electron chi connectivity index (χ4n) is 0.611. The van der Waals surface area contributed by atoms with Crippen LogP contribution in [0, 0.1) is 0 Å². The third-order valence-electron chi connectivity index (χ3n) is 1.10. The first kappa shape index (κ1) is 9.28. The molecular formula is C6H5ClN2O2S. The van der Waals surface area contributed by atoms with Gasteiger partial charge in [-0.3, -0.25) is 0 Å². The first-order valence-corrected chi connectivity index (χ1v) is 4.55. The van der Waals surface area contributed by atoms with E-state index in [1.807, 2.05) is 0 Å². The van der Waals surface area contributed by atoms with Crippen molar-refractivity contribution in [2.24, 2.45) is 0 Å². The van der Waals surface area contributed by atoms with Crippen LogP contribution in [-0.4, -0.2) is 27.3 Å². The second-order valence-electron chi connectivity index (χ2n) is 1.87. The highest BCUT2D eigenvalue weighted by atomic mass is 35.5. The summed E-state index contributed by atoms with van der Waals surface area (Å²) in [6.07, 6.45) is 1.78. The van der Waals surface area contributed by atoms with E-state index < -0.39 is 5.97 Å². The smallest absolute Gasteiger partial charge is 0.354 e. The van der Waals surface area contributed by atoms with Crippen LogP contribution < -0.4 is 0 Å². The second kappa shape index (κ2) is 3.73. The molecule has 0 saturated heterocycles. The van der Waals surface area contributed by atoms with Gasteiger partial charge in [-0.15, -0.1) is 11.8 Å². The highest BCUT2D eigenvalue weighted by molar-refractivity contribution is 7.98. The molecule has 1 N–H and O–H groups in total. The number of hydrogen-bond donors (Lipinski definition) is 1. The van der Waals surface area contributed by atoms with E-state index in [1.165, 1.54) is 17.8 Å². The summed E-state index contributed by atoms with van der Waals surface area (Å²) in [6, 6.07) is 1.37. The second-order valence-corrected chi connectivity index (χ2v) is 3.03. The Morgan fingerprint density at radius 2 is 2.33 bits per heavy atom. The molecular weight excluding hydrogens is 200 g/mol. The zero-order chi connectivity index (χ0) is 9.14. The summed E-state index contributed by atoms with van der Waals surface area (Å²) < 4.78 is 0. The Hall–Kier alpha value is -0.810. The predicted molar refractivity (Wildman–Crippen MR) is 45.8 cm³/mol. The van der Waals surface area contributed by atoms with Gasteiger partial charge in [0.15, 0.2) is 5.69 Å². The van der Waals surface area contributed by atoms with Crippen molar-refractivity contribution in [1.29, 1.82) is 0 Å². The number of carboxylic acid groups (broad SMARTS) is 1. The molecule has 64 valence electrons. The standard InChI is InChI=1S/C6H5ClN2O2S/c1-12-4-2-3(5(10)11)8-6(7)9-4/h2H,1H3,(H,10,11). The van der Waals surface area contributed by atoms with Gasteiger partial charge in [0.25, 0.3) is 0 Å². The molecule has 0 atom stereocenters. The first-order valence-electron chi connectivity index (χ1n) is 2.95. The van der Waals surface area contributed by atoms with Gasteiger partial charge in [-0.25, -0.2) is 14.8 Å². The zero-order valence-electron chi connectivity index (χ0n) is 6.11. The third kappa shape index (κ3) is 2.09. The van der Waals surface area contributed by atoms with Gasteiger partial charge in [0.05, 0.1) is 0 Å². The molecule has 0 radical (unpaired) electrons. The number of aromatic carboxylic acids is 1. The molecule has 0 aromatic carbocycles. The number of aromatic nitrogens is 2. The Bertz CT molecular complexity index is 318. The molecule has 0 saturated carbocycles. The number of carbonyl (C=O) groups is 1. The van der Waals surface area contributed by atoms with Crippen molar-refractivity contribution < 1.29 is 9.90 Å². The van der Waals surface area contributed by atoms with Crippen LogP contribution in [0.3, 0.4) is 0 Å². The van der Waals surface area contributed by atoms with E-state index in [9.17, 15) is 4.79 Å². The topological polar surface area (TPSA) is 63.1 Å². The Labute approximate surface area is 78.0 Å². The Morgan fingerprint density at radius 3 is 2.83 bits per heavy atom. The summed E-state index contributed by atoms with van der Waals surface area (Å²) in [5.74, 6) is -1.10. The molecule has 4 nitrogen and oxygen atoms in total. The third-order valence-corrected chi connectivity index (χ3v) is 1.90. The van der Waals surface area contributed by atoms with Crippen molar-refractivity contribution in [3.8, 4) is 0 Å². The monoisotopic (exact) mass is 204 g/mol. The lowest BCUT2D eigenvalue weighted by molar-refractivity contribution is 0.0690. The molecule has 6 heteroatoms. The van der Waals surface area contributed by atoms with Gasteiger partial charge >= 0.3 is 5.97 Å². The first-order chi connectivity index (χ1) is 5.63. The molecule has 0 aliphatic rings. The van der Waals surface area contributed by atoms with Gasteiger partial charge < -0.3 is 5.11 Å². The van der Waals surface area contributed by atoms with Crippen LogP contribution in [0.1, 0.15) is 10.5 Å². The van der Waals surface area contributed by atoms with E-state index in [-0.39, 0.29) is 11.0 Å². The van der Waals surface area contributed by atoms with Gasteiger partial charge in [0, 0.05) is 6.07 Å². The summed E-state index contributed by atoms with van der Waals surface area (Å²) in [5, 5.41) is 9.08. The molecule has 0 spiro atoms. The maximum absolute atomic E-state index is 10.5. The highest BCUT2D eigenvalue weighted by Crippen LogP contribution is 2.14. The van der Waals surface area contributed by atoms with E-state index in [0.717, 1.165) is 0 Å². The van der Waals surface area contributed by atoms with Crippen LogP contribution in [-0.2, 0) is 0 Å². The highest BCUT2D eigenvalue weighted by Gasteiger charge is 2.08. The van der Waals surface area contributed by atoms with Crippen LogP contribution in [0.15, 0.2) is 11.1 Å². The van der Waals surface area contributed by atoms with E-state index in [0.29, 0.717) is 5.03 Å². The molecule has 1 aromatic rings. The van der Waals surface area contributed by atoms with Crippen molar-refractivity contribution in [3.63, 3.8) is 0 Å². The SMILES string of the molecule is CSc1cc(C(=O)O)nc(Cl)n1. The Kier molecular flexibility index (Phi) is 2.88. The molecule has 0 amide bonds. The van der Waals surface area contributed by atoms with Crippen LogP contribution in [0.5, 0.6) is 0 Å². The van der Waals surface area contributed by atoms with Gasteiger partial charge in [0.1, 0.15) is 5.03 Å². The van der Waals surface area contributed by atoms with Gasteiger partial charge in [-0.05, 0) is 17.9 Å². The number of hydrogen-bond acceptors (Lipinski definition) is 4. The average Bonchev–Trinajstić information content (AvgIpc) is 2.03. The van der Waals surface area contributed by atoms with Crippen LogP contribution in [0.25, 0.3) is 0 Å². The number of thioether (sulfide) groups is 1. The fraction of sp³-hybridized carbons (Fsp3) is 0.167. The number of halogens is 1. The quantitative estimate of drug-likeness (QED) is 0.450. The molecule has 1 aromatic heterocycles. The number of carboxylic acids is 1. The molecule has 0 aliphatic heterocycles. The van der Waals surface area contributed by atoms with Gasteiger partial charge in [-0.2, -0.15) is 0 Å². The lowest BCUT2D eigenvalue weighted by Crippen LogP contribution is -2.01. The van der Waals surface area contributed by atoms with Crippen molar-refractivity contribution >= 4 is 29.3 Å². The molecule has 1 rings (SSSR count). The minimum Gasteiger partial charge on any atom is -0.477 e. The minimum absolute atomic E-state index is 0.0424. The van der Waals surface area contributed by atoms with Crippen molar-refractivity contribution in [2.75, 3.05) is 6.26 Å². The largest absolute Gasteiger partial charge is 0.477 e. The Morgan fingerprint density at radius 1 is 1.67 bits per heavy atom. The summed E-state index contributed by atoms with van der Waals surface area (Å²) in [7, 11) is 0. The maximum Gasteiger partial charge on any atom is 0.354 e. The molecule has 12 heavy (non-hydrogen) atoms.